The van der Waals surface area contributed by atoms with Crippen LogP contribution in [-0.4, -0.2) is 25.1 Å². The van der Waals surface area contributed by atoms with Crippen LogP contribution in [0.3, 0.4) is 0 Å². The Labute approximate surface area is 112 Å². The normalized spacial score (nSPS) is 17.8. The molecular weight excluding hydrogens is 242 g/mol. The molecule has 2 rings (SSSR count). The molecule has 1 aliphatic heterocycles. The molecule has 1 heterocycles. The first-order valence-corrected chi connectivity index (χ1v) is 6.37. The number of carbonyl (C=O) groups excluding carboxylic acids is 1. The molecule has 1 unspecified atom stereocenters. The molecule has 0 bridgehead atoms. The molecule has 1 fully saturated rings. The maximum Gasteiger partial charge on any atom is 0.220 e. The van der Waals surface area contributed by atoms with E-state index in [1.54, 1.807) is 0 Å². The summed E-state index contributed by atoms with van der Waals surface area (Å²) in [7, 11) is 0. The third-order valence-electron chi connectivity index (χ3n) is 3.06. The molecular formula is C14H17N3O2. The first-order valence-electron chi connectivity index (χ1n) is 6.37. The fourth-order valence-corrected chi connectivity index (χ4v) is 2.11. The summed E-state index contributed by atoms with van der Waals surface area (Å²) in [6, 6.07) is 9.82. The molecule has 0 aromatic heterocycles. The standard InChI is InChI=1S/C14H17N3O2/c15-7-8-19-13-4-2-1-3-11(13)9-16-10-12-5-6-14(18)17-12/h1-4,12,16H,5-6,8-10H2,(H,17,18). The van der Waals surface area contributed by atoms with Gasteiger partial charge < -0.3 is 15.4 Å². The fraction of sp³-hybridized carbons (Fsp3) is 0.429. The second-order valence-corrected chi connectivity index (χ2v) is 4.49. The van der Waals surface area contributed by atoms with Gasteiger partial charge in [0.1, 0.15) is 11.8 Å². The Morgan fingerprint density at radius 3 is 3.05 bits per heavy atom. The van der Waals surface area contributed by atoms with E-state index in [-0.39, 0.29) is 18.6 Å². The van der Waals surface area contributed by atoms with Gasteiger partial charge in [-0.15, -0.1) is 0 Å². The Balaban J connectivity index is 1.82. The lowest BCUT2D eigenvalue weighted by Crippen LogP contribution is -2.35. The summed E-state index contributed by atoms with van der Waals surface area (Å²) in [5.41, 5.74) is 1.02. The quantitative estimate of drug-likeness (QED) is 0.798. The third kappa shape index (κ3) is 3.97. The van der Waals surface area contributed by atoms with E-state index < -0.39 is 0 Å². The van der Waals surface area contributed by atoms with Gasteiger partial charge in [-0.1, -0.05) is 18.2 Å². The third-order valence-corrected chi connectivity index (χ3v) is 3.06. The van der Waals surface area contributed by atoms with Crippen molar-refractivity contribution in [1.82, 2.24) is 10.6 Å². The molecule has 1 aromatic carbocycles. The number of para-hydroxylation sites is 1. The highest BCUT2D eigenvalue weighted by Gasteiger charge is 2.19. The Kier molecular flexibility index (Phi) is 4.76. The molecule has 100 valence electrons. The van der Waals surface area contributed by atoms with Gasteiger partial charge in [0.25, 0.3) is 0 Å². The van der Waals surface area contributed by atoms with Crippen molar-refractivity contribution in [2.45, 2.75) is 25.4 Å². The first-order chi connectivity index (χ1) is 9.29. The van der Waals surface area contributed by atoms with Crippen LogP contribution in [-0.2, 0) is 11.3 Å². The number of rotatable bonds is 6. The van der Waals surface area contributed by atoms with E-state index in [9.17, 15) is 4.79 Å². The molecule has 1 saturated heterocycles. The van der Waals surface area contributed by atoms with E-state index in [0.717, 1.165) is 24.3 Å². The van der Waals surface area contributed by atoms with Gasteiger partial charge in [0.15, 0.2) is 6.61 Å². The summed E-state index contributed by atoms with van der Waals surface area (Å²) < 4.78 is 5.36. The molecule has 1 aromatic rings. The second-order valence-electron chi connectivity index (χ2n) is 4.49. The van der Waals surface area contributed by atoms with Gasteiger partial charge in [0, 0.05) is 31.1 Å². The second kappa shape index (κ2) is 6.76. The Hall–Kier alpha value is -2.06. The van der Waals surface area contributed by atoms with E-state index in [1.165, 1.54) is 0 Å². The summed E-state index contributed by atoms with van der Waals surface area (Å²) in [6.45, 7) is 1.46. The number of ether oxygens (including phenoxy) is 1. The molecule has 5 nitrogen and oxygen atoms in total. The van der Waals surface area contributed by atoms with Crippen LogP contribution in [0.1, 0.15) is 18.4 Å². The molecule has 0 aliphatic carbocycles. The van der Waals surface area contributed by atoms with Gasteiger partial charge in [-0.2, -0.15) is 5.26 Å². The molecule has 1 aliphatic rings. The van der Waals surface area contributed by atoms with E-state index in [4.69, 9.17) is 10.00 Å². The molecule has 0 radical (unpaired) electrons. The van der Waals surface area contributed by atoms with Crippen LogP contribution in [0.5, 0.6) is 5.75 Å². The lowest BCUT2D eigenvalue weighted by atomic mass is 10.2. The van der Waals surface area contributed by atoms with E-state index >= 15 is 0 Å². The van der Waals surface area contributed by atoms with Crippen LogP contribution >= 0.6 is 0 Å². The lowest BCUT2D eigenvalue weighted by molar-refractivity contribution is -0.119. The summed E-state index contributed by atoms with van der Waals surface area (Å²) in [6.07, 6.45) is 1.51. The summed E-state index contributed by atoms with van der Waals surface area (Å²) in [4.78, 5) is 11.1. The topological polar surface area (TPSA) is 74.1 Å². The first kappa shape index (κ1) is 13.4. The molecule has 5 heteroatoms. The predicted molar refractivity (Wildman–Crippen MR) is 70.4 cm³/mol. The van der Waals surface area contributed by atoms with Gasteiger partial charge in [0.2, 0.25) is 5.91 Å². The van der Waals surface area contributed by atoms with Crippen LogP contribution in [0.25, 0.3) is 0 Å². The maximum atomic E-state index is 11.1. The van der Waals surface area contributed by atoms with Crippen LogP contribution in [0.2, 0.25) is 0 Å². The smallest absolute Gasteiger partial charge is 0.220 e. The van der Waals surface area contributed by atoms with Gasteiger partial charge in [0.05, 0.1) is 0 Å². The van der Waals surface area contributed by atoms with Crippen LogP contribution in [0.15, 0.2) is 24.3 Å². The maximum absolute atomic E-state index is 11.1. The molecule has 1 amide bonds. The number of benzene rings is 1. The fourth-order valence-electron chi connectivity index (χ4n) is 2.11. The van der Waals surface area contributed by atoms with Crippen molar-refractivity contribution in [1.29, 1.82) is 5.26 Å². The number of hydrogen-bond acceptors (Lipinski definition) is 4. The molecule has 2 N–H and O–H groups in total. The highest BCUT2D eigenvalue weighted by Crippen LogP contribution is 2.17. The van der Waals surface area contributed by atoms with Crippen LogP contribution < -0.4 is 15.4 Å². The van der Waals surface area contributed by atoms with Gasteiger partial charge >= 0.3 is 0 Å². The Morgan fingerprint density at radius 2 is 2.32 bits per heavy atom. The summed E-state index contributed by atoms with van der Waals surface area (Å²) >= 11 is 0. The Morgan fingerprint density at radius 1 is 1.47 bits per heavy atom. The van der Waals surface area contributed by atoms with Gasteiger partial charge in [-0.25, -0.2) is 0 Å². The van der Waals surface area contributed by atoms with Crippen molar-refractivity contribution < 1.29 is 9.53 Å². The molecule has 1 atom stereocenters. The monoisotopic (exact) mass is 259 g/mol. The van der Waals surface area contributed by atoms with E-state index in [0.29, 0.717) is 13.0 Å². The zero-order valence-electron chi connectivity index (χ0n) is 10.7. The van der Waals surface area contributed by atoms with Crippen molar-refractivity contribution in [3.8, 4) is 11.8 Å². The van der Waals surface area contributed by atoms with Crippen molar-refractivity contribution in [3.05, 3.63) is 29.8 Å². The van der Waals surface area contributed by atoms with Crippen molar-refractivity contribution in [2.75, 3.05) is 13.2 Å². The molecule has 0 saturated carbocycles. The summed E-state index contributed by atoms with van der Waals surface area (Å²) in [5, 5.41) is 14.7. The highest BCUT2D eigenvalue weighted by atomic mass is 16.5. The highest BCUT2D eigenvalue weighted by molar-refractivity contribution is 5.78. The Bertz CT molecular complexity index is 482. The van der Waals surface area contributed by atoms with Gasteiger partial charge in [-0.3, -0.25) is 4.79 Å². The zero-order valence-corrected chi connectivity index (χ0v) is 10.7. The van der Waals surface area contributed by atoms with Crippen LogP contribution in [0.4, 0.5) is 0 Å². The molecule has 19 heavy (non-hydrogen) atoms. The largest absolute Gasteiger partial charge is 0.478 e. The number of nitrogens with zero attached hydrogens (tertiary/aromatic N) is 1. The SMILES string of the molecule is N#CCOc1ccccc1CNCC1CCC(=O)N1. The number of nitriles is 1. The van der Waals surface area contributed by atoms with Crippen molar-refractivity contribution in [2.24, 2.45) is 0 Å². The van der Waals surface area contributed by atoms with Gasteiger partial charge in [-0.05, 0) is 12.5 Å². The minimum atomic E-state index is 0.0513. The summed E-state index contributed by atoms with van der Waals surface area (Å²) in [5.74, 6) is 0.858. The van der Waals surface area contributed by atoms with E-state index in [1.807, 2.05) is 30.3 Å². The zero-order chi connectivity index (χ0) is 13.5. The van der Waals surface area contributed by atoms with Crippen molar-refractivity contribution in [3.63, 3.8) is 0 Å². The van der Waals surface area contributed by atoms with Crippen molar-refractivity contribution >= 4 is 5.91 Å². The lowest BCUT2D eigenvalue weighted by Gasteiger charge is -2.13. The average Bonchev–Trinajstić information content (AvgIpc) is 2.83. The van der Waals surface area contributed by atoms with Crippen LogP contribution in [0, 0.1) is 11.3 Å². The minimum absolute atomic E-state index is 0.0513. The predicted octanol–water partition coefficient (Wildman–Crippen LogP) is 0.957. The average molecular weight is 259 g/mol. The number of nitrogens with one attached hydrogen (secondary N) is 2. The minimum Gasteiger partial charge on any atom is -0.478 e. The number of amides is 1. The van der Waals surface area contributed by atoms with E-state index in [2.05, 4.69) is 10.6 Å². The molecule has 0 spiro atoms. The number of carbonyl (C=O) groups is 1. The number of hydrogen-bond donors (Lipinski definition) is 2.